The summed E-state index contributed by atoms with van der Waals surface area (Å²) in [5, 5.41) is 2.75. The number of rotatable bonds is 8. The highest BCUT2D eigenvalue weighted by atomic mass is 35.5. The van der Waals surface area contributed by atoms with Crippen LogP contribution in [0.5, 0.6) is 17.2 Å². The van der Waals surface area contributed by atoms with Gasteiger partial charge in [-0.25, -0.2) is 4.79 Å². The normalized spacial score (nSPS) is 11.6. The van der Waals surface area contributed by atoms with Crippen molar-refractivity contribution in [3.8, 4) is 17.2 Å². The molecule has 0 saturated heterocycles. The Labute approximate surface area is 170 Å². The van der Waals surface area contributed by atoms with Gasteiger partial charge in [-0.15, -0.1) is 0 Å². The third-order valence-corrected chi connectivity index (χ3v) is 4.00. The van der Waals surface area contributed by atoms with Crippen LogP contribution in [0.15, 0.2) is 36.4 Å². The van der Waals surface area contributed by atoms with Crippen LogP contribution in [0.4, 0.5) is 14.5 Å². The molecule has 1 N–H and O–H groups in total. The highest BCUT2D eigenvalue weighted by Gasteiger charge is 2.23. The van der Waals surface area contributed by atoms with Gasteiger partial charge in [-0.05, 0) is 19.1 Å². The first-order valence-corrected chi connectivity index (χ1v) is 8.61. The fraction of sp³-hybridized carbons (Fsp3) is 0.263. The van der Waals surface area contributed by atoms with Gasteiger partial charge in [-0.3, -0.25) is 4.79 Å². The first-order valence-electron chi connectivity index (χ1n) is 8.24. The number of hydrogen-bond acceptors (Lipinski definition) is 6. The van der Waals surface area contributed by atoms with Gasteiger partial charge in [0.15, 0.2) is 17.6 Å². The van der Waals surface area contributed by atoms with E-state index in [4.69, 9.17) is 21.1 Å². The van der Waals surface area contributed by atoms with Crippen LogP contribution in [0.2, 0.25) is 5.02 Å². The molecular weight excluding hydrogens is 412 g/mol. The third-order valence-electron chi connectivity index (χ3n) is 3.69. The van der Waals surface area contributed by atoms with E-state index in [-0.39, 0.29) is 28.5 Å². The average Bonchev–Trinajstić information content (AvgIpc) is 2.68. The molecule has 2 aromatic rings. The van der Waals surface area contributed by atoms with Crippen LogP contribution in [0, 0.1) is 0 Å². The third kappa shape index (κ3) is 5.71. The van der Waals surface area contributed by atoms with Gasteiger partial charge in [-0.1, -0.05) is 23.7 Å². The summed E-state index contributed by atoms with van der Waals surface area (Å²) in [6.07, 6.45) is -1.03. The molecule has 156 valence electrons. The van der Waals surface area contributed by atoms with E-state index in [0.717, 1.165) is 19.2 Å². The molecule has 0 bridgehead atoms. The molecule has 0 aliphatic carbocycles. The van der Waals surface area contributed by atoms with Crippen LogP contribution in [-0.2, 0) is 9.53 Å². The smallest absolute Gasteiger partial charge is 0.387 e. The monoisotopic (exact) mass is 429 g/mol. The molecule has 0 spiro atoms. The number of nitrogens with one attached hydrogen (secondary N) is 1. The lowest BCUT2D eigenvalue weighted by molar-refractivity contribution is -0.122. The Balaban J connectivity index is 2.31. The first kappa shape index (κ1) is 22.2. The van der Waals surface area contributed by atoms with Crippen molar-refractivity contribution in [1.29, 1.82) is 0 Å². The summed E-state index contributed by atoms with van der Waals surface area (Å²) in [7, 11) is 2.35. The topological polar surface area (TPSA) is 83.1 Å². The van der Waals surface area contributed by atoms with E-state index < -0.39 is 24.6 Å². The Morgan fingerprint density at radius 2 is 1.72 bits per heavy atom. The number of methoxy groups -OCH3 is 2. The highest BCUT2D eigenvalue weighted by Crippen LogP contribution is 2.35. The number of carbonyl (C=O) groups is 2. The molecule has 0 aliphatic rings. The van der Waals surface area contributed by atoms with Crippen molar-refractivity contribution < 1.29 is 37.3 Å². The summed E-state index contributed by atoms with van der Waals surface area (Å²) in [5.41, 5.74) is -0.239. The zero-order chi connectivity index (χ0) is 21.6. The highest BCUT2D eigenvalue weighted by molar-refractivity contribution is 6.32. The van der Waals surface area contributed by atoms with Crippen molar-refractivity contribution in [3.63, 3.8) is 0 Å². The van der Waals surface area contributed by atoms with Crippen LogP contribution in [-0.4, -0.2) is 38.8 Å². The number of benzene rings is 2. The van der Waals surface area contributed by atoms with E-state index in [1.54, 1.807) is 24.3 Å². The van der Waals surface area contributed by atoms with Gasteiger partial charge in [-0.2, -0.15) is 8.78 Å². The van der Waals surface area contributed by atoms with Gasteiger partial charge in [0.25, 0.3) is 5.91 Å². The number of anilines is 1. The van der Waals surface area contributed by atoms with E-state index in [1.165, 1.54) is 14.0 Å². The van der Waals surface area contributed by atoms with Crippen molar-refractivity contribution in [3.05, 3.63) is 47.0 Å². The Bertz CT molecular complexity index is 893. The van der Waals surface area contributed by atoms with Gasteiger partial charge in [0.2, 0.25) is 0 Å². The quantitative estimate of drug-likeness (QED) is 0.635. The molecule has 0 fully saturated rings. The predicted octanol–water partition coefficient (Wildman–Crippen LogP) is 4.14. The van der Waals surface area contributed by atoms with E-state index >= 15 is 0 Å². The standard InChI is InChI=1S/C19H18ClF2NO6/c1-10(28-14-7-5-4-6-12(14)20)17(24)23-13-9-16(29-19(21)22)15(26-2)8-11(13)18(25)27-3/h4-10,19H,1-3H3,(H,23,24). The molecule has 1 amide bonds. The molecule has 0 saturated carbocycles. The number of hydrogen-bond donors (Lipinski definition) is 1. The minimum Gasteiger partial charge on any atom is -0.493 e. The maximum absolute atomic E-state index is 12.7. The molecule has 1 unspecified atom stereocenters. The maximum atomic E-state index is 12.7. The summed E-state index contributed by atoms with van der Waals surface area (Å²) in [4.78, 5) is 24.6. The number of esters is 1. The van der Waals surface area contributed by atoms with E-state index in [0.29, 0.717) is 5.02 Å². The molecule has 0 radical (unpaired) electrons. The Hall–Kier alpha value is -3.07. The van der Waals surface area contributed by atoms with E-state index in [9.17, 15) is 18.4 Å². The zero-order valence-electron chi connectivity index (χ0n) is 15.7. The molecule has 2 rings (SSSR count). The number of halogens is 3. The second-order valence-electron chi connectivity index (χ2n) is 5.60. The van der Waals surface area contributed by atoms with Crippen molar-refractivity contribution in [2.45, 2.75) is 19.6 Å². The van der Waals surface area contributed by atoms with Crippen molar-refractivity contribution >= 4 is 29.2 Å². The van der Waals surface area contributed by atoms with Crippen molar-refractivity contribution in [2.75, 3.05) is 19.5 Å². The minimum absolute atomic E-state index is 0.118. The summed E-state index contributed by atoms with van der Waals surface area (Å²) in [6, 6.07) is 8.71. The number of para-hydroxylation sites is 1. The lowest BCUT2D eigenvalue weighted by atomic mass is 10.1. The fourth-order valence-corrected chi connectivity index (χ4v) is 2.49. The second-order valence-corrected chi connectivity index (χ2v) is 6.01. The van der Waals surface area contributed by atoms with Crippen LogP contribution >= 0.6 is 11.6 Å². The van der Waals surface area contributed by atoms with Crippen LogP contribution in [0.1, 0.15) is 17.3 Å². The molecule has 10 heteroatoms. The number of carbonyl (C=O) groups excluding carboxylic acids is 2. The summed E-state index contributed by atoms with van der Waals surface area (Å²) < 4.78 is 44.9. The lowest BCUT2D eigenvalue weighted by Gasteiger charge is -2.18. The lowest BCUT2D eigenvalue weighted by Crippen LogP contribution is -2.31. The largest absolute Gasteiger partial charge is 0.493 e. The minimum atomic E-state index is -3.14. The van der Waals surface area contributed by atoms with Crippen LogP contribution < -0.4 is 19.5 Å². The van der Waals surface area contributed by atoms with Gasteiger partial charge in [0.1, 0.15) is 5.75 Å². The molecule has 0 aromatic heterocycles. The van der Waals surface area contributed by atoms with Gasteiger partial charge >= 0.3 is 12.6 Å². The molecule has 29 heavy (non-hydrogen) atoms. The molecule has 1 atom stereocenters. The molecule has 2 aromatic carbocycles. The second kappa shape index (κ2) is 9.92. The average molecular weight is 430 g/mol. The Morgan fingerprint density at radius 1 is 1.03 bits per heavy atom. The first-order chi connectivity index (χ1) is 13.8. The molecule has 0 heterocycles. The predicted molar refractivity (Wildman–Crippen MR) is 101 cm³/mol. The summed E-state index contributed by atoms with van der Waals surface area (Å²) in [6.45, 7) is -1.68. The van der Waals surface area contributed by atoms with E-state index in [2.05, 4.69) is 14.8 Å². The van der Waals surface area contributed by atoms with Crippen LogP contribution in [0.25, 0.3) is 0 Å². The SMILES string of the molecule is COC(=O)c1cc(OC)c(OC(F)F)cc1NC(=O)C(C)Oc1ccccc1Cl. The summed E-state index contributed by atoms with van der Waals surface area (Å²) >= 11 is 6.00. The van der Waals surface area contributed by atoms with E-state index in [1.807, 2.05) is 0 Å². The number of alkyl halides is 2. The van der Waals surface area contributed by atoms with Gasteiger partial charge in [0.05, 0.1) is 30.5 Å². The zero-order valence-corrected chi connectivity index (χ0v) is 16.5. The van der Waals surface area contributed by atoms with Gasteiger partial charge < -0.3 is 24.3 Å². The number of ether oxygens (including phenoxy) is 4. The van der Waals surface area contributed by atoms with Crippen molar-refractivity contribution in [2.24, 2.45) is 0 Å². The Kier molecular flexibility index (Phi) is 7.60. The fourth-order valence-electron chi connectivity index (χ4n) is 2.31. The molecular formula is C19H18ClF2NO6. The Morgan fingerprint density at radius 3 is 2.31 bits per heavy atom. The van der Waals surface area contributed by atoms with Gasteiger partial charge in [0, 0.05) is 12.1 Å². The molecule has 7 nitrogen and oxygen atoms in total. The maximum Gasteiger partial charge on any atom is 0.387 e. The van der Waals surface area contributed by atoms with Crippen LogP contribution in [0.3, 0.4) is 0 Å². The molecule has 0 aliphatic heterocycles. The van der Waals surface area contributed by atoms with Crippen molar-refractivity contribution in [1.82, 2.24) is 0 Å². The summed E-state index contributed by atoms with van der Waals surface area (Å²) in [5.74, 6) is -1.71. The number of amides is 1.